The van der Waals surface area contributed by atoms with Crippen molar-refractivity contribution in [1.82, 2.24) is 9.97 Å². The fourth-order valence-electron chi connectivity index (χ4n) is 1.72. The molecule has 0 atom stereocenters. The van der Waals surface area contributed by atoms with Crippen LogP contribution in [0.1, 0.15) is 21.5 Å². The molecule has 110 valence electrons. The lowest BCUT2D eigenvalue weighted by Crippen LogP contribution is -2.17. The fraction of sp³-hybridized carbons (Fsp3) is 0.154. The summed E-state index contributed by atoms with van der Waals surface area (Å²) in [5.41, 5.74) is 5.29. The van der Waals surface area contributed by atoms with Crippen LogP contribution in [0.15, 0.2) is 18.3 Å². The van der Waals surface area contributed by atoms with Crippen LogP contribution >= 0.6 is 11.6 Å². The van der Waals surface area contributed by atoms with Gasteiger partial charge in [-0.05, 0) is 30.2 Å². The van der Waals surface area contributed by atoms with Crippen LogP contribution in [0, 0.1) is 18.6 Å². The summed E-state index contributed by atoms with van der Waals surface area (Å²) >= 11 is 5.63. The van der Waals surface area contributed by atoms with Gasteiger partial charge in [0.2, 0.25) is 5.28 Å². The second-order valence-corrected chi connectivity index (χ2v) is 4.61. The molecule has 3 N–H and O–H groups in total. The van der Waals surface area contributed by atoms with Gasteiger partial charge in [-0.25, -0.2) is 13.8 Å². The molecule has 5 nitrogen and oxygen atoms in total. The number of amides is 1. The average Bonchev–Trinajstić information content (AvgIpc) is 2.43. The summed E-state index contributed by atoms with van der Waals surface area (Å²) in [7, 11) is 0. The number of hydrogen-bond acceptors (Lipinski definition) is 4. The minimum absolute atomic E-state index is 0.0165. The number of benzene rings is 1. The first kappa shape index (κ1) is 15.1. The number of aryl methyl sites for hydroxylation is 1. The number of carbonyl (C=O) groups is 1. The standard InChI is InChI=1S/C13H11ClF2N4O/c1-6-2-3-9(15)7(10(6)16)4-18-12-8(11(17)21)5-19-13(14)20-12/h2-3,5H,4H2,1H3,(H2,17,21)(H,18,19,20). The van der Waals surface area contributed by atoms with Crippen LogP contribution in [0.2, 0.25) is 5.28 Å². The highest BCUT2D eigenvalue weighted by Crippen LogP contribution is 2.19. The van der Waals surface area contributed by atoms with E-state index >= 15 is 0 Å². The lowest BCUT2D eigenvalue weighted by molar-refractivity contribution is 0.100. The predicted molar refractivity (Wildman–Crippen MR) is 74.0 cm³/mol. The number of nitrogens with zero attached hydrogens (tertiary/aromatic N) is 2. The smallest absolute Gasteiger partial charge is 0.254 e. The van der Waals surface area contributed by atoms with Crippen LogP contribution in [0.4, 0.5) is 14.6 Å². The normalized spacial score (nSPS) is 10.5. The second kappa shape index (κ2) is 6.01. The molecule has 0 saturated carbocycles. The third-order valence-corrected chi connectivity index (χ3v) is 3.02. The van der Waals surface area contributed by atoms with E-state index in [9.17, 15) is 13.6 Å². The van der Waals surface area contributed by atoms with Crippen LogP contribution in [0.3, 0.4) is 0 Å². The molecule has 0 spiro atoms. The van der Waals surface area contributed by atoms with Gasteiger partial charge in [0.1, 0.15) is 17.5 Å². The van der Waals surface area contributed by atoms with Gasteiger partial charge < -0.3 is 11.1 Å². The summed E-state index contributed by atoms with van der Waals surface area (Å²) in [5, 5.41) is 2.53. The number of primary amides is 1. The first-order valence-corrected chi connectivity index (χ1v) is 6.27. The third kappa shape index (κ3) is 3.25. The van der Waals surface area contributed by atoms with E-state index in [1.54, 1.807) is 0 Å². The maximum atomic E-state index is 13.9. The highest BCUT2D eigenvalue weighted by molar-refractivity contribution is 6.28. The second-order valence-electron chi connectivity index (χ2n) is 4.28. The van der Waals surface area contributed by atoms with Crippen molar-refractivity contribution in [2.75, 3.05) is 5.32 Å². The first-order chi connectivity index (χ1) is 9.90. The summed E-state index contributed by atoms with van der Waals surface area (Å²) in [6, 6.07) is 2.50. The molecule has 2 rings (SSSR count). The Morgan fingerprint density at radius 3 is 2.81 bits per heavy atom. The number of halogens is 3. The lowest BCUT2D eigenvalue weighted by Gasteiger charge is -2.11. The van der Waals surface area contributed by atoms with Gasteiger partial charge in [0.05, 0.1) is 5.56 Å². The highest BCUT2D eigenvalue weighted by Gasteiger charge is 2.15. The minimum atomic E-state index is -0.778. The summed E-state index contributed by atoms with van der Waals surface area (Å²) in [5.74, 6) is -2.13. The summed E-state index contributed by atoms with van der Waals surface area (Å²) in [4.78, 5) is 18.7. The van der Waals surface area contributed by atoms with Gasteiger partial charge >= 0.3 is 0 Å². The molecule has 0 bridgehead atoms. The van der Waals surface area contributed by atoms with Gasteiger partial charge in [-0.15, -0.1) is 0 Å². The van der Waals surface area contributed by atoms with Crippen molar-refractivity contribution in [1.29, 1.82) is 0 Å². The lowest BCUT2D eigenvalue weighted by atomic mass is 10.1. The number of nitrogens with one attached hydrogen (secondary N) is 1. The Bertz CT molecular complexity index is 709. The number of hydrogen-bond donors (Lipinski definition) is 2. The summed E-state index contributed by atoms with van der Waals surface area (Å²) in [6.45, 7) is 1.31. The molecule has 0 fully saturated rings. The van der Waals surface area contributed by atoms with Crippen molar-refractivity contribution in [3.05, 3.63) is 51.9 Å². The van der Waals surface area contributed by atoms with E-state index in [1.807, 2.05) is 0 Å². The number of aromatic nitrogens is 2. The van der Waals surface area contributed by atoms with E-state index in [0.717, 1.165) is 12.3 Å². The summed E-state index contributed by atoms with van der Waals surface area (Å²) < 4.78 is 27.5. The zero-order chi connectivity index (χ0) is 15.6. The molecule has 0 aliphatic carbocycles. The Hall–Kier alpha value is -2.28. The molecule has 8 heteroatoms. The Labute approximate surface area is 124 Å². The monoisotopic (exact) mass is 312 g/mol. The summed E-state index contributed by atoms with van der Waals surface area (Å²) in [6.07, 6.45) is 1.14. The molecule has 2 aromatic rings. The fourth-order valence-corrected chi connectivity index (χ4v) is 1.86. The van der Waals surface area contributed by atoms with Crippen molar-refractivity contribution in [2.24, 2.45) is 5.73 Å². The van der Waals surface area contributed by atoms with Crippen molar-refractivity contribution in [3.8, 4) is 0 Å². The van der Waals surface area contributed by atoms with E-state index in [-0.39, 0.29) is 28.8 Å². The molecule has 0 aliphatic rings. The van der Waals surface area contributed by atoms with Gasteiger partial charge in [0.25, 0.3) is 5.91 Å². The van der Waals surface area contributed by atoms with E-state index in [0.29, 0.717) is 5.56 Å². The highest BCUT2D eigenvalue weighted by atomic mass is 35.5. The Morgan fingerprint density at radius 1 is 1.43 bits per heavy atom. The SMILES string of the molecule is Cc1ccc(F)c(CNc2nc(Cl)ncc2C(N)=O)c1F. The number of nitrogens with two attached hydrogens (primary N) is 1. The molecule has 0 radical (unpaired) electrons. The number of carbonyl (C=O) groups excluding carboxylic acids is 1. The van der Waals surface area contributed by atoms with Crippen molar-refractivity contribution in [2.45, 2.75) is 13.5 Å². The molecular formula is C13H11ClF2N4O. The van der Waals surface area contributed by atoms with E-state index in [1.165, 1.54) is 13.0 Å². The first-order valence-electron chi connectivity index (χ1n) is 5.90. The average molecular weight is 313 g/mol. The van der Waals surface area contributed by atoms with Gasteiger partial charge in [0, 0.05) is 18.3 Å². The van der Waals surface area contributed by atoms with Crippen molar-refractivity contribution < 1.29 is 13.6 Å². The molecule has 1 heterocycles. The number of anilines is 1. The minimum Gasteiger partial charge on any atom is -0.365 e. The molecule has 1 aromatic heterocycles. The topological polar surface area (TPSA) is 80.9 Å². The molecule has 0 aliphatic heterocycles. The zero-order valence-corrected chi connectivity index (χ0v) is 11.7. The predicted octanol–water partition coefficient (Wildman–Crippen LogP) is 2.43. The van der Waals surface area contributed by atoms with Gasteiger partial charge in [0.15, 0.2) is 0 Å². The van der Waals surface area contributed by atoms with Gasteiger partial charge in [-0.1, -0.05) is 6.07 Å². The Balaban J connectivity index is 2.31. The van der Waals surface area contributed by atoms with E-state index in [4.69, 9.17) is 17.3 Å². The Morgan fingerprint density at radius 2 is 2.14 bits per heavy atom. The van der Waals surface area contributed by atoms with Crippen LogP contribution in [0.5, 0.6) is 0 Å². The van der Waals surface area contributed by atoms with Crippen LogP contribution in [-0.4, -0.2) is 15.9 Å². The molecule has 1 amide bonds. The van der Waals surface area contributed by atoms with E-state index in [2.05, 4.69) is 15.3 Å². The largest absolute Gasteiger partial charge is 0.365 e. The van der Waals surface area contributed by atoms with Gasteiger partial charge in [-0.2, -0.15) is 4.98 Å². The maximum Gasteiger partial charge on any atom is 0.254 e. The molecule has 21 heavy (non-hydrogen) atoms. The van der Waals surface area contributed by atoms with Gasteiger partial charge in [-0.3, -0.25) is 4.79 Å². The molecular weight excluding hydrogens is 302 g/mol. The molecule has 0 saturated heterocycles. The quantitative estimate of drug-likeness (QED) is 0.850. The molecule has 1 aromatic carbocycles. The molecule has 0 unspecified atom stereocenters. The maximum absolute atomic E-state index is 13.9. The number of rotatable bonds is 4. The zero-order valence-electron chi connectivity index (χ0n) is 11.0. The van der Waals surface area contributed by atoms with Crippen LogP contribution < -0.4 is 11.1 Å². The third-order valence-electron chi connectivity index (χ3n) is 2.84. The van der Waals surface area contributed by atoms with Crippen LogP contribution in [-0.2, 0) is 6.54 Å². The Kier molecular flexibility index (Phi) is 4.32. The van der Waals surface area contributed by atoms with Crippen molar-refractivity contribution in [3.63, 3.8) is 0 Å². The van der Waals surface area contributed by atoms with Crippen LogP contribution in [0.25, 0.3) is 0 Å². The van der Waals surface area contributed by atoms with E-state index < -0.39 is 17.5 Å². The van der Waals surface area contributed by atoms with Crippen molar-refractivity contribution >= 4 is 23.3 Å².